The highest BCUT2D eigenvalue weighted by atomic mass is 16.5. The van der Waals surface area contributed by atoms with Crippen molar-refractivity contribution in [2.75, 3.05) is 13.7 Å². The van der Waals surface area contributed by atoms with Crippen molar-refractivity contribution >= 4 is 11.7 Å². The van der Waals surface area contributed by atoms with E-state index in [-0.39, 0.29) is 0 Å². The summed E-state index contributed by atoms with van der Waals surface area (Å²) in [6.45, 7) is 6.02. The van der Waals surface area contributed by atoms with Crippen LogP contribution in [0.1, 0.15) is 28.4 Å². The Kier molecular flexibility index (Phi) is 4.26. The number of carbonyl (C=O) groups excluding carboxylic acids is 2. The molecule has 0 aliphatic rings. The van der Waals surface area contributed by atoms with Crippen LogP contribution in [-0.4, -0.2) is 25.3 Å². The molecule has 1 aromatic rings. The first-order valence-corrected chi connectivity index (χ1v) is 5.49. The molecule has 0 aliphatic heterocycles. The number of aryl methyl sites for hydroxylation is 2. The van der Waals surface area contributed by atoms with Crippen molar-refractivity contribution in [3.05, 3.63) is 28.8 Å². The van der Waals surface area contributed by atoms with Crippen molar-refractivity contribution in [1.29, 1.82) is 0 Å². The van der Waals surface area contributed by atoms with E-state index in [1.807, 2.05) is 13.8 Å². The van der Waals surface area contributed by atoms with E-state index < -0.39 is 11.7 Å². The van der Waals surface area contributed by atoms with Crippen LogP contribution >= 0.6 is 0 Å². The molecule has 1 N–H and O–H groups in total. The minimum Gasteiger partial charge on any atom is -0.496 e. The van der Waals surface area contributed by atoms with Crippen molar-refractivity contribution in [1.82, 2.24) is 5.32 Å². The van der Waals surface area contributed by atoms with Gasteiger partial charge in [0, 0.05) is 6.54 Å². The Morgan fingerprint density at radius 3 is 2.35 bits per heavy atom. The molecule has 0 fully saturated rings. The molecule has 0 atom stereocenters. The summed E-state index contributed by atoms with van der Waals surface area (Å²) in [5.41, 5.74) is 2.29. The normalized spacial score (nSPS) is 9.88. The summed E-state index contributed by atoms with van der Waals surface area (Å²) in [6, 6.07) is 3.45. The van der Waals surface area contributed by atoms with E-state index in [1.165, 1.54) is 7.11 Å². The number of ketones is 1. The third kappa shape index (κ3) is 2.84. The lowest BCUT2D eigenvalue weighted by Crippen LogP contribution is -2.31. The zero-order chi connectivity index (χ0) is 13.0. The van der Waals surface area contributed by atoms with Gasteiger partial charge in [0.1, 0.15) is 5.75 Å². The molecule has 1 rings (SSSR count). The minimum absolute atomic E-state index is 0.307. The molecule has 0 radical (unpaired) electrons. The number of nitrogens with one attached hydrogen (secondary N) is 1. The molecule has 0 saturated heterocycles. The lowest BCUT2D eigenvalue weighted by Gasteiger charge is -2.10. The second-order valence-electron chi connectivity index (χ2n) is 3.83. The lowest BCUT2D eigenvalue weighted by atomic mass is 10.0. The molecule has 1 aromatic carbocycles. The summed E-state index contributed by atoms with van der Waals surface area (Å²) >= 11 is 0. The maximum Gasteiger partial charge on any atom is 0.292 e. The zero-order valence-corrected chi connectivity index (χ0v) is 10.6. The third-order valence-electron chi connectivity index (χ3n) is 2.60. The number of carbonyl (C=O) groups is 2. The van der Waals surface area contributed by atoms with Gasteiger partial charge in [-0.2, -0.15) is 0 Å². The average Bonchev–Trinajstić information content (AvgIpc) is 2.31. The third-order valence-corrected chi connectivity index (χ3v) is 2.60. The summed E-state index contributed by atoms with van der Waals surface area (Å²) in [4.78, 5) is 23.4. The number of amides is 1. The quantitative estimate of drug-likeness (QED) is 0.637. The molecule has 0 aliphatic carbocycles. The highest BCUT2D eigenvalue weighted by Crippen LogP contribution is 2.23. The number of rotatable bonds is 4. The van der Waals surface area contributed by atoms with Gasteiger partial charge in [-0.3, -0.25) is 9.59 Å². The van der Waals surface area contributed by atoms with Crippen LogP contribution in [0, 0.1) is 13.8 Å². The fraction of sp³-hybridized carbons (Fsp3) is 0.385. The molecule has 0 unspecified atom stereocenters. The highest BCUT2D eigenvalue weighted by Gasteiger charge is 2.20. The Balaban J connectivity index is 3.16. The molecule has 0 aromatic heterocycles. The van der Waals surface area contributed by atoms with Gasteiger partial charge in [-0.05, 0) is 44.0 Å². The van der Waals surface area contributed by atoms with Crippen LogP contribution in [0.4, 0.5) is 0 Å². The lowest BCUT2D eigenvalue weighted by molar-refractivity contribution is -0.116. The van der Waals surface area contributed by atoms with Crippen molar-refractivity contribution in [3.8, 4) is 5.75 Å². The molecule has 0 spiro atoms. The number of methoxy groups -OCH3 is 1. The number of ether oxygens (including phenoxy) is 1. The van der Waals surface area contributed by atoms with Gasteiger partial charge in [0.15, 0.2) is 0 Å². The van der Waals surface area contributed by atoms with Crippen molar-refractivity contribution in [3.63, 3.8) is 0 Å². The van der Waals surface area contributed by atoms with E-state index >= 15 is 0 Å². The van der Waals surface area contributed by atoms with E-state index in [9.17, 15) is 9.59 Å². The average molecular weight is 235 g/mol. The Labute approximate surface area is 101 Å². The molecule has 0 saturated carbocycles. The molecule has 92 valence electrons. The molecule has 0 bridgehead atoms. The molecular weight excluding hydrogens is 218 g/mol. The van der Waals surface area contributed by atoms with Crippen LogP contribution in [-0.2, 0) is 4.79 Å². The minimum atomic E-state index is -0.603. The number of hydrogen-bond donors (Lipinski definition) is 1. The van der Waals surface area contributed by atoms with E-state index in [2.05, 4.69) is 5.32 Å². The maximum absolute atomic E-state index is 11.9. The molecular formula is C13H17NO3. The van der Waals surface area contributed by atoms with E-state index in [4.69, 9.17) is 4.74 Å². The summed E-state index contributed by atoms with van der Waals surface area (Å²) in [7, 11) is 1.48. The number of Topliss-reactive ketones (excluding diaryl/α,β-unsaturated/α-hetero) is 1. The van der Waals surface area contributed by atoms with Gasteiger partial charge in [-0.1, -0.05) is 0 Å². The monoisotopic (exact) mass is 235 g/mol. The molecule has 4 nitrogen and oxygen atoms in total. The molecule has 4 heteroatoms. The number of hydrogen-bond acceptors (Lipinski definition) is 3. The molecule has 1 amide bonds. The Bertz CT molecular complexity index is 452. The predicted molar refractivity (Wildman–Crippen MR) is 65.5 cm³/mol. The van der Waals surface area contributed by atoms with Gasteiger partial charge in [0.2, 0.25) is 0 Å². The zero-order valence-electron chi connectivity index (χ0n) is 10.6. The maximum atomic E-state index is 11.9. The first-order valence-electron chi connectivity index (χ1n) is 5.49. The Morgan fingerprint density at radius 2 is 1.82 bits per heavy atom. The summed E-state index contributed by atoms with van der Waals surface area (Å²) in [5.74, 6) is -0.731. The Morgan fingerprint density at radius 1 is 1.24 bits per heavy atom. The van der Waals surface area contributed by atoms with Gasteiger partial charge in [-0.15, -0.1) is 0 Å². The van der Waals surface area contributed by atoms with Crippen LogP contribution in [0.25, 0.3) is 0 Å². The number of likely N-dealkylation sites (N-methyl/N-ethyl adjacent to an activating group) is 1. The van der Waals surface area contributed by atoms with Gasteiger partial charge in [-0.25, -0.2) is 0 Å². The fourth-order valence-electron chi connectivity index (χ4n) is 1.50. The molecule has 0 heterocycles. The highest BCUT2D eigenvalue weighted by molar-refractivity contribution is 6.43. The topological polar surface area (TPSA) is 55.4 Å². The standard InChI is InChI=1S/C13H17NO3/c1-5-14-13(16)12(15)10-6-8(2)9(3)7-11(10)17-4/h6-7H,5H2,1-4H3,(H,14,16). The van der Waals surface area contributed by atoms with Gasteiger partial charge < -0.3 is 10.1 Å². The number of benzene rings is 1. The van der Waals surface area contributed by atoms with Crippen LogP contribution in [0.15, 0.2) is 12.1 Å². The largest absolute Gasteiger partial charge is 0.496 e. The summed E-state index contributed by atoms with van der Waals surface area (Å²) in [5, 5.41) is 2.49. The molecule has 17 heavy (non-hydrogen) atoms. The van der Waals surface area contributed by atoms with Gasteiger partial charge >= 0.3 is 0 Å². The van der Waals surface area contributed by atoms with Gasteiger partial charge in [0.05, 0.1) is 12.7 Å². The summed E-state index contributed by atoms with van der Waals surface area (Å²) < 4.78 is 5.13. The SMILES string of the molecule is CCNC(=O)C(=O)c1cc(C)c(C)cc1OC. The smallest absolute Gasteiger partial charge is 0.292 e. The van der Waals surface area contributed by atoms with Crippen LogP contribution in [0.3, 0.4) is 0 Å². The van der Waals surface area contributed by atoms with Crippen molar-refractivity contribution < 1.29 is 14.3 Å². The predicted octanol–water partition coefficient (Wildman–Crippen LogP) is 1.63. The fourth-order valence-corrected chi connectivity index (χ4v) is 1.50. The van der Waals surface area contributed by atoms with Crippen molar-refractivity contribution in [2.45, 2.75) is 20.8 Å². The van der Waals surface area contributed by atoms with E-state index in [0.29, 0.717) is 17.9 Å². The second kappa shape index (κ2) is 5.48. The van der Waals surface area contributed by atoms with Crippen molar-refractivity contribution in [2.24, 2.45) is 0 Å². The Hall–Kier alpha value is -1.84. The van der Waals surface area contributed by atoms with E-state index in [1.54, 1.807) is 19.1 Å². The van der Waals surface area contributed by atoms with E-state index in [0.717, 1.165) is 11.1 Å². The van der Waals surface area contributed by atoms with Crippen LogP contribution in [0.5, 0.6) is 5.75 Å². The van der Waals surface area contributed by atoms with Gasteiger partial charge in [0.25, 0.3) is 11.7 Å². The second-order valence-corrected chi connectivity index (χ2v) is 3.83. The van der Waals surface area contributed by atoms with Crippen LogP contribution in [0.2, 0.25) is 0 Å². The first-order chi connectivity index (χ1) is 8.01. The summed E-state index contributed by atoms with van der Waals surface area (Å²) in [6.07, 6.45) is 0. The first kappa shape index (κ1) is 13.2. The van der Waals surface area contributed by atoms with Crippen LogP contribution < -0.4 is 10.1 Å².